The Kier molecular flexibility index (Phi) is 3.70. The summed E-state index contributed by atoms with van der Waals surface area (Å²) in [5, 5.41) is 0. The van der Waals surface area contributed by atoms with Gasteiger partial charge in [-0.15, -0.1) is 0 Å². The number of hydrogen-bond donors (Lipinski definition) is 0. The maximum atomic E-state index is 2.29. The van der Waals surface area contributed by atoms with Gasteiger partial charge in [0.1, 0.15) is 0 Å². The molecule has 0 N–H and O–H groups in total. The molecule has 0 aliphatic carbocycles. The van der Waals surface area contributed by atoms with Gasteiger partial charge in [-0.05, 0) is 0 Å². The van der Waals surface area contributed by atoms with Crippen LogP contribution in [0.3, 0.4) is 0 Å². The quantitative estimate of drug-likeness (QED) is 0.559. The summed E-state index contributed by atoms with van der Waals surface area (Å²) in [7, 11) is 0. The molecular weight excluding hydrogens is 282 g/mol. The van der Waals surface area contributed by atoms with E-state index in [0.29, 0.717) is 0 Å². The molecule has 0 amide bonds. The number of hydrogen-bond acceptors (Lipinski definition) is 1. The summed E-state index contributed by atoms with van der Waals surface area (Å²) in [5.41, 5.74) is 0. The molecule has 0 spiro atoms. The Morgan fingerprint density at radius 3 is 2.67 bits per heavy atom. The molecule has 50 valence electrons. The van der Waals surface area contributed by atoms with E-state index >= 15 is 0 Å². The first-order chi connectivity index (χ1) is 4.38. The summed E-state index contributed by atoms with van der Waals surface area (Å²) >= 11 is 5.34. The molecule has 0 bridgehead atoms. The van der Waals surface area contributed by atoms with Crippen molar-refractivity contribution in [1.29, 1.82) is 0 Å². The van der Waals surface area contributed by atoms with Crippen molar-refractivity contribution >= 4 is 60.1 Å². The van der Waals surface area contributed by atoms with Crippen molar-refractivity contribution < 1.29 is 0 Å². The normalized spacial score (nSPS) is 10.0. The molecule has 1 rings (SSSR count). The van der Waals surface area contributed by atoms with Crippen LogP contribution in [0.25, 0.3) is 0 Å². The molecule has 0 aromatic carbocycles. The SMILES string of the molecule is C[Se]c1sc[s+]c1[Se]C. The zero-order valence-electron chi connectivity index (χ0n) is 5.21. The molecule has 0 aliphatic heterocycles. The molecule has 0 fully saturated rings. The first kappa shape index (κ1) is 8.19. The predicted molar refractivity (Wildman–Crippen MR) is 49.1 cm³/mol. The predicted octanol–water partition coefficient (Wildman–Crippen LogP) is 0.846. The molecule has 0 nitrogen and oxygen atoms in total. The summed E-state index contributed by atoms with van der Waals surface area (Å²) in [4.78, 5) is 0. The first-order valence-electron chi connectivity index (χ1n) is 2.35. The van der Waals surface area contributed by atoms with Crippen molar-refractivity contribution in [1.82, 2.24) is 0 Å². The van der Waals surface area contributed by atoms with Gasteiger partial charge in [0, 0.05) is 0 Å². The van der Waals surface area contributed by atoms with Crippen LogP contribution in [-0.2, 0) is 0 Å². The first-order valence-corrected chi connectivity index (χ1v) is 9.25. The van der Waals surface area contributed by atoms with Gasteiger partial charge >= 0.3 is 76.5 Å². The Labute approximate surface area is 76.0 Å². The summed E-state index contributed by atoms with van der Waals surface area (Å²) in [6.07, 6.45) is 0. The zero-order chi connectivity index (χ0) is 6.69. The third kappa shape index (κ3) is 2.01. The monoisotopic (exact) mass is 291 g/mol. The molecule has 9 heavy (non-hydrogen) atoms. The van der Waals surface area contributed by atoms with Crippen LogP contribution in [0.4, 0.5) is 0 Å². The average Bonchev–Trinajstić information content (AvgIpc) is 2.33. The van der Waals surface area contributed by atoms with Crippen molar-refractivity contribution in [2.24, 2.45) is 0 Å². The summed E-state index contributed by atoms with van der Waals surface area (Å²) < 4.78 is 5.58. The molecule has 1 aromatic rings. The second-order valence-corrected chi connectivity index (χ2v) is 7.97. The van der Waals surface area contributed by atoms with Crippen molar-refractivity contribution in [3.8, 4) is 0 Å². The molecule has 4 heteroatoms. The minimum atomic E-state index is 0.734. The molecule has 0 radical (unpaired) electrons. The topological polar surface area (TPSA) is 0 Å². The fourth-order valence-electron chi connectivity index (χ4n) is 0.471. The van der Waals surface area contributed by atoms with E-state index in [-0.39, 0.29) is 0 Å². The third-order valence-electron chi connectivity index (χ3n) is 0.848. The Morgan fingerprint density at radius 1 is 1.44 bits per heavy atom. The second kappa shape index (κ2) is 4.07. The fraction of sp³-hybridized carbons (Fsp3) is 0.400. The minimum absolute atomic E-state index is 0.734. The third-order valence-corrected chi connectivity index (χ3v) is 9.18. The van der Waals surface area contributed by atoms with Crippen LogP contribution in [0.15, 0.2) is 4.69 Å². The molecule has 0 saturated carbocycles. The van der Waals surface area contributed by atoms with Gasteiger partial charge in [-0.1, -0.05) is 0 Å². The molecule has 0 aliphatic rings. The van der Waals surface area contributed by atoms with Crippen molar-refractivity contribution in [3.63, 3.8) is 0 Å². The van der Waals surface area contributed by atoms with Crippen molar-refractivity contribution in [2.45, 2.75) is 11.6 Å². The fourth-order valence-corrected chi connectivity index (χ4v) is 8.72. The Morgan fingerprint density at radius 2 is 2.22 bits per heavy atom. The van der Waals surface area contributed by atoms with Crippen LogP contribution in [-0.4, -0.2) is 29.9 Å². The van der Waals surface area contributed by atoms with Crippen LogP contribution >= 0.6 is 22.7 Å². The Bertz CT molecular complexity index is 166. The van der Waals surface area contributed by atoms with Gasteiger partial charge in [-0.2, -0.15) is 0 Å². The molecule has 0 saturated heterocycles. The van der Waals surface area contributed by atoms with Crippen molar-refractivity contribution in [3.05, 3.63) is 4.69 Å². The van der Waals surface area contributed by atoms with Gasteiger partial charge < -0.3 is 0 Å². The van der Waals surface area contributed by atoms with Crippen LogP contribution in [0, 0.1) is 0 Å². The van der Waals surface area contributed by atoms with Crippen molar-refractivity contribution in [2.75, 3.05) is 0 Å². The van der Waals surface area contributed by atoms with Crippen LogP contribution in [0.5, 0.6) is 0 Å². The van der Waals surface area contributed by atoms with E-state index < -0.39 is 0 Å². The Hall–Kier alpha value is 1.09. The number of rotatable bonds is 2. The van der Waals surface area contributed by atoms with Gasteiger partial charge in [0.2, 0.25) is 0 Å². The van der Waals surface area contributed by atoms with E-state index in [0.717, 1.165) is 29.9 Å². The van der Waals surface area contributed by atoms with E-state index in [1.807, 2.05) is 22.7 Å². The van der Waals surface area contributed by atoms with Gasteiger partial charge in [0.05, 0.1) is 0 Å². The maximum absolute atomic E-state index is 2.29. The molecule has 0 unspecified atom stereocenters. The van der Waals surface area contributed by atoms with E-state index in [9.17, 15) is 0 Å². The van der Waals surface area contributed by atoms with Crippen LogP contribution < -0.4 is 7.55 Å². The second-order valence-electron chi connectivity index (χ2n) is 1.32. The van der Waals surface area contributed by atoms with Gasteiger partial charge in [-0.25, -0.2) is 0 Å². The van der Waals surface area contributed by atoms with Gasteiger partial charge in [0.25, 0.3) is 0 Å². The van der Waals surface area contributed by atoms with E-state index in [2.05, 4.69) is 16.3 Å². The standard InChI is InChI=1S/C5H7S2Se2/c1-8-4-5(9-2)7-3-6-4/h3H,1-2H3/q+1. The summed E-state index contributed by atoms with van der Waals surface area (Å²) in [5.74, 6) is 4.58. The molecule has 1 heterocycles. The van der Waals surface area contributed by atoms with E-state index in [1.54, 1.807) is 7.55 Å². The molecule has 0 atom stereocenters. The van der Waals surface area contributed by atoms with Crippen LogP contribution in [0.2, 0.25) is 11.6 Å². The van der Waals surface area contributed by atoms with E-state index in [1.165, 1.54) is 0 Å². The molecule has 1 aromatic heterocycles. The zero-order valence-corrected chi connectivity index (χ0v) is 10.3. The van der Waals surface area contributed by atoms with E-state index in [4.69, 9.17) is 0 Å². The average molecular weight is 289 g/mol. The summed E-state index contributed by atoms with van der Waals surface area (Å²) in [6, 6.07) is 0. The van der Waals surface area contributed by atoms with Gasteiger partial charge in [-0.3, -0.25) is 0 Å². The summed E-state index contributed by atoms with van der Waals surface area (Å²) in [6.45, 7) is 0. The van der Waals surface area contributed by atoms with Gasteiger partial charge in [0.15, 0.2) is 0 Å². The Balaban J connectivity index is 2.85. The van der Waals surface area contributed by atoms with Crippen LogP contribution in [0.1, 0.15) is 0 Å². The molecular formula is C5H7S2Se2+.